The molecule has 0 spiro atoms. The van der Waals surface area contributed by atoms with Crippen LogP contribution in [0, 0.1) is 0 Å². The average Bonchev–Trinajstić information content (AvgIpc) is 2.88. The van der Waals surface area contributed by atoms with Crippen molar-refractivity contribution in [3.63, 3.8) is 0 Å². The maximum absolute atomic E-state index is 6.01. The molecule has 5 heteroatoms. The van der Waals surface area contributed by atoms with Crippen LogP contribution in [0.25, 0.3) is 0 Å². The van der Waals surface area contributed by atoms with Crippen molar-refractivity contribution >= 4 is 0 Å². The van der Waals surface area contributed by atoms with Gasteiger partial charge in [-0.25, -0.2) is 0 Å². The predicted molar refractivity (Wildman–Crippen MR) is 79.1 cm³/mol. The topological polar surface area (TPSA) is 46.2 Å². The van der Waals surface area contributed by atoms with E-state index in [1.165, 1.54) is 0 Å². The van der Waals surface area contributed by atoms with Gasteiger partial charge < -0.3 is 23.7 Å². The van der Waals surface area contributed by atoms with Crippen LogP contribution < -0.4 is 0 Å². The first kappa shape index (κ1) is 17.2. The molecule has 2 heterocycles. The molecular weight excluding hydrogens is 272 g/mol. The Morgan fingerprint density at radius 3 is 2.43 bits per heavy atom. The molecule has 2 saturated heterocycles. The summed E-state index contributed by atoms with van der Waals surface area (Å²) >= 11 is 0. The van der Waals surface area contributed by atoms with Gasteiger partial charge in [-0.15, -0.1) is 0 Å². The Morgan fingerprint density at radius 2 is 1.71 bits per heavy atom. The van der Waals surface area contributed by atoms with Crippen LogP contribution in [0.2, 0.25) is 0 Å². The normalized spacial score (nSPS) is 34.3. The maximum atomic E-state index is 6.01. The summed E-state index contributed by atoms with van der Waals surface area (Å²) < 4.78 is 29.4. The third-order valence-electron chi connectivity index (χ3n) is 3.82. The number of rotatable bonds is 9. The van der Waals surface area contributed by atoms with Crippen molar-refractivity contribution in [2.75, 3.05) is 19.8 Å². The molecule has 2 unspecified atom stereocenters. The monoisotopic (exact) mass is 302 g/mol. The summed E-state index contributed by atoms with van der Waals surface area (Å²) in [5.41, 5.74) is 0. The van der Waals surface area contributed by atoms with Gasteiger partial charge in [0.1, 0.15) is 18.3 Å². The molecular formula is C16H30O5. The van der Waals surface area contributed by atoms with Crippen molar-refractivity contribution < 1.29 is 23.7 Å². The lowest BCUT2D eigenvalue weighted by Crippen LogP contribution is -2.39. The van der Waals surface area contributed by atoms with E-state index in [-0.39, 0.29) is 24.6 Å². The molecule has 0 aromatic carbocycles. The predicted octanol–water partition coefficient (Wildman–Crippen LogP) is 2.86. The Hall–Kier alpha value is -0.200. The van der Waals surface area contributed by atoms with E-state index in [0.29, 0.717) is 6.61 Å². The van der Waals surface area contributed by atoms with Crippen molar-refractivity contribution in [2.45, 2.75) is 83.8 Å². The molecule has 0 radical (unpaired) electrons. The Balaban J connectivity index is 1.87. The molecule has 0 amide bonds. The fourth-order valence-electron chi connectivity index (χ4n) is 2.69. The van der Waals surface area contributed by atoms with E-state index >= 15 is 0 Å². The summed E-state index contributed by atoms with van der Waals surface area (Å²) in [6.45, 7) is 10.1. The first-order valence-electron chi connectivity index (χ1n) is 8.28. The van der Waals surface area contributed by atoms with E-state index in [2.05, 4.69) is 13.8 Å². The maximum Gasteiger partial charge on any atom is 0.190 e. The first-order valence-corrected chi connectivity index (χ1v) is 8.28. The zero-order chi connectivity index (χ0) is 15.3. The summed E-state index contributed by atoms with van der Waals surface area (Å²) in [7, 11) is 0. The second-order valence-corrected chi connectivity index (χ2v) is 6.26. The van der Waals surface area contributed by atoms with Gasteiger partial charge in [-0.1, -0.05) is 26.7 Å². The lowest BCUT2D eigenvalue weighted by molar-refractivity contribution is -0.223. The molecule has 0 bridgehead atoms. The van der Waals surface area contributed by atoms with Crippen molar-refractivity contribution in [3.8, 4) is 0 Å². The van der Waals surface area contributed by atoms with E-state index < -0.39 is 5.79 Å². The average molecular weight is 302 g/mol. The molecule has 0 N–H and O–H groups in total. The molecule has 0 aromatic rings. The second-order valence-electron chi connectivity index (χ2n) is 6.26. The third kappa shape index (κ3) is 4.63. The van der Waals surface area contributed by atoms with Gasteiger partial charge in [0.05, 0.1) is 6.61 Å². The number of fused-ring (bicyclic) bond motifs is 1. The van der Waals surface area contributed by atoms with Gasteiger partial charge in [-0.3, -0.25) is 0 Å². The number of ether oxygens (including phenoxy) is 5. The zero-order valence-corrected chi connectivity index (χ0v) is 13.8. The lowest BCUT2D eigenvalue weighted by atomic mass is 10.1. The largest absolute Gasteiger partial charge is 0.379 e. The lowest BCUT2D eigenvalue weighted by Gasteiger charge is -2.25. The summed E-state index contributed by atoms with van der Waals surface area (Å²) in [6, 6.07) is 0. The number of hydrogen-bond acceptors (Lipinski definition) is 5. The molecule has 2 aliphatic rings. The molecule has 2 aliphatic heterocycles. The Labute approximate surface area is 128 Å². The Morgan fingerprint density at radius 1 is 1.00 bits per heavy atom. The molecule has 2 fully saturated rings. The van der Waals surface area contributed by atoms with Gasteiger partial charge in [0.15, 0.2) is 12.1 Å². The van der Waals surface area contributed by atoms with Gasteiger partial charge in [0.25, 0.3) is 0 Å². The minimum Gasteiger partial charge on any atom is -0.379 e. The van der Waals surface area contributed by atoms with Crippen LogP contribution in [-0.4, -0.2) is 50.2 Å². The van der Waals surface area contributed by atoms with Gasteiger partial charge in [-0.2, -0.15) is 0 Å². The first-order chi connectivity index (χ1) is 10.1. The molecule has 124 valence electrons. The summed E-state index contributed by atoms with van der Waals surface area (Å²) in [4.78, 5) is 0. The van der Waals surface area contributed by atoms with Crippen molar-refractivity contribution in [3.05, 3.63) is 0 Å². The van der Waals surface area contributed by atoms with Crippen molar-refractivity contribution in [2.24, 2.45) is 0 Å². The van der Waals surface area contributed by atoms with Crippen LogP contribution in [0.3, 0.4) is 0 Å². The Bertz CT molecular complexity index is 307. The highest BCUT2D eigenvalue weighted by Crippen LogP contribution is 2.38. The molecule has 0 saturated carbocycles. The van der Waals surface area contributed by atoms with Gasteiger partial charge in [0.2, 0.25) is 0 Å². The zero-order valence-electron chi connectivity index (χ0n) is 13.8. The van der Waals surface area contributed by atoms with E-state index in [0.717, 1.165) is 38.9 Å². The van der Waals surface area contributed by atoms with E-state index in [1.807, 2.05) is 13.8 Å². The van der Waals surface area contributed by atoms with Crippen LogP contribution in [0.1, 0.15) is 53.4 Å². The highest BCUT2D eigenvalue weighted by molar-refractivity contribution is 4.94. The van der Waals surface area contributed by atoms with Crippen LogP contribution in [-0.2, 0) is 23.7 Å². The number of hydrogen-bond donors (Lipinski definition) is 0. The molecule has 4 atom stereocenters. The van der Waals surface area contributed by atoms with Crippen LogP contribution in [0.15, 0.2) is 0 Å². The van der Waals surface area contributed by atoms with Crippen LogP contribution >= 0.6 is 0 Å². The second kappa shape index (κ2) is 7.88. The minimum atomic E-state index is -0.601. The fourth-order valence-corrected chi connectivity index (χ4v) is 2.69. The standard InChI is InChI=1S/C16H30O5/c1-5-7-9-17-11-12-13(18-10-8-6-2)14-15(19-12)21-16(3,4)20-14/h12-15H,5-11H2,1-4H3/t12-,13?,14?,15+/m1/s1. The molecule has 5 nitrogen and oxygen atoms in total. The fraction of sp³-hybridized carbons (Fsp3) is 1.00. The molecule has 21 heavy (non-hydrogen) atoms. The SMILES string of the molecule is CCCCOC[C@H]1O[C@H]2OC(C)(C)OC2C1OCCCC. The van der Waals surface area contributed by atoms with Crippen molar-refractivity contribution in [1.29, 1.82) is 0 Å². The highest BCUT2D eigenvalue weighted by atomic mass is 16.8. The number of unbranched alkanes of at least 4 members (excludes halogenated alkanes) is 2. The van der Waals surface area contributed by atoms with E-state index in [4.69, 9.17) is 23.7 Å². The van der Waals surface area contributed by atoms with E-state index in [9.17, 15) is 0 Å². The van der Waals surface area contributed by atoms with Gasteiger partial charge in [-0.05, 0) is 26.7 Å². The smallest absolute Gasteiger partial charge is 0.190 e. The third-order valence-corrected chi connectivity index (χ3v) is 3.82. The van der Waals surface area contributed by atoms with Gasteiger partial charge in [0, 0.05) is 13.2 Å². The van der Waals surface area contributed by atoms with Gasteiger partial charge >= 0.3 is 0 Å². The van der Waals surface area contributed by atoms with E-state index in [1.54, 1.807) is 0 Å². The van der Waals surface area contributed by atoms with Crippen LogP contribution in [0.5, 0.6) is 0 Å². The molecule has 0 aliphatic carbocycles. The molecule has 2 rings (SSSR count). The Kier molecular flexibility index (Phi) is 6.44. The van der Waals surface area contributed by atoms with Crippen molar-refractivity contribution in [1.82, 2.24) is 0 Å². The molecule has 0 aromatic heterocycles. The minimum absolute atomic E-state index is 0.107. The summed E-state index contributed by atoms with van der Waals surface area (Å²) in [5.74, 6) is -0.601. The van der Waals surface area contributed by atoms with Crippen LogP contribution in [0.4, 0.5) is 0 Å². The summed E-state index contributed by atoms with van der Waals surface area (Å²) in [6.07, 6.45) is 3.65. The summed E-state index contributed by atoms with van der Waals surface area (Å²) in [5, 5.41) is 0. The highest BCUT2D eigenvalue weighted by Gasteiger charge is 2.55. The quantitative estimate of drug-likeness (QED) is 0.613.